The number of halogens is 1. The van der Waals surface area contributed by atoms with Crippen molar-refractivity contribution < 1.29 is 4.79 Å². The van der Waals surface area contributed by atoms with Crippen LogP contribution in [0.25, 0.3) is 33.2 Å². The SMILES string of the molecule is [C-]#[N+]c1ccc(-c2cc3n(c2)Cc2cc(Br)ccc2-n2c(C=O)cnc2-3)cc1. The lowest BCUT2D eigenvalue weighted by atomic mass is 10.1. The van der Waals surface area contributed by atoms with E-state index in [1.165, 1.54) is 0 Å². The Morgan fingerprint density at radius 1 is 1.11 bits per heavy atom. The molecule has 134 valence electrons. The first kappa shape index (κ1) is 16.7. The van der Waals surface area contributed by atoms with Crippen LogP contribution in [0.3, 0.4) is 0 Å². The number of fused-ring (bicyclic) bond motifs is 5. The molecule has 0 radical (unpaired) electrons. The van der Waals surface area contributed by atoms with E-state index < -0.39 is 0 Å². The summed E-state index contributed by atoms with van der Waals surface area (Å²) in [5, 5.41) is 0. The molecule has 28 heavy (non-hydrogen) atoms. The number of carbonyl (C=O) groups excluding carboxylic acids is 1. The lowest BCUT2D eigenvalue weighted by Crippen LogP contribution is -2.03. The average Bonchev–Trinajstić information content (AvgIpc) is 3.29. The van der Waals surface area contributed by atoms with Crippen LogP contribution in [0.5, 0.6) is 0 Å². The van der Waals surface area contributed by atoms with Crippen molar-refractivity contribution >= 4 is 27.9 Å². The van der Waals surface area contributed by atoms with Crippen molar-refractivity contribution in [2.24, 2.45) is 0 Å². The number of aromatic nitrogens is 3. The van der Waals surface area contributed by atoms with Gasteiger partial charge in [-0.3, -0.25) is 9.36 Å². The number of hydrogen-bond donors (Lipinski definition) is 0. The molecule has 0 saturated carbocycles. The molecule has 0 saturated heterocycles. The molecule has 1 aliphatic rings. The molecular weight excluding hydrogens is 416 g/mol. The Labute approximate surface area is 169 Å². The molecular formula is C22H13BrN4O. The Bertz CT molecular complexity index is 1280. The maximum absolute atomic E-state index is 11.6. The molecule has 0 N–H and O–H groups in total. The second kappa shape index (κ2) is 6.32. The van der Waals surface area contributed by atoms with Crippen LogP contribution in [-0.4, -0.2) is 20.4 Å². The van der Waals surface area contributed by atoms with Gasteiger partial charge in [0.25, 0.3) is 0 Å². The molecule has 2 aromatic heterocycles. The van der Waals surface area contributed by atoms with E-state index in [1.54, 1.807) is 6.20 Å². The van der Waals surface area contributed by atoms with Crippen LogP contribution < -0.4 is 0 Å². The zero-order valence-corrected chi connectivity index (χ0v) is 16.2. The fourth-order valence-corrected chi connectivity index (χ4v) is 4.09. The lowest BCUT2D eigenvalue weighted by Gasteiger charge is -2.11. The minimum absolute atomic E-state index is 0.524. The Kier molecular flexibility index (Phi) is 3.78. The van der Waals surface area contributed by atoms with Gasteiger partial charge < -0.3 is 4.57 Å². The number of benzene rings is 2. The Morgan fingerprint density at radius 3 is 2.68 bits per heavy atom. The van der Waals surface area contributed by atoms with Crippen molar-refractivity contribution in [1.82, 2.24) is 14.1 Å². The lowest BCUT2D eigenvalue weighted by molar-refractivity contribution is 0.111. The molecule has 4 aromatic rings. The third-order valence-corrected chi connectivity index (χ3v) is 5.48. The fourth-order valence-electron chi connectivity index (χ4n) is 3.68. The number of hydrogen-bond acceptors (Lipinski definition) is 2. The summed E-state index contributed by atoms with van der Waals surface area (Å²) in [5.74, 6) is 0.743. The number of rotatable bonds is 2. The quantitative estimate of drug-likeness (QED) is 0.275. The maximum atomic E-state index is 11.6. The second-order valence-electron chi connectivity index (χ2n) is 6.63. The molecule has 1 aliphatic heterocycles. The zero-order valence-electron chi connectivity index (χ0n) is 14.6. The van der Waals surface area contributed by atoms with Crippen LogP contribution in [0, 0.1) is 6.57 Å². The highest BCUT2D eigenvalue weighted by Crippen LogP contribution is 2.36. The number of imidazole rings is 1. The van der Waals surface area contributed by atoms with Crippen LogP contribution in [0.15, 0.2) is 65.4 Å². The highest BCUT2D eigenvalue weighted by molar-refractivity contribution is 9.10. The van der Waals surface area contributed by atoms with E-state index in [0.29, 0.717) is 17.9 Å². The van der Waals surface area contributed by atoms with Crippen LogP contribution >= 0.6 is 15.9 Å². The van der Waals surface area contributed by atoms with E-state index >= 15 is 0 Å². The third kappa shape index (κ3) is 2.52. The fraction of sp³-hybridized carbons (Fsp3) is 0.0455. The van der Waals surface area contributed by atoms with Crippen molar-refractivity contribution in [3.63, 3.8) is 0 Å². The van der Waals surface area contributed by atoms with Crippen LogP contribution in [-0.2, 0) is 6.54 Å². The van der Waals surface area contributed by atoms with Crippen molar-refractivity contribution in [2.45, 2.75) is 6.54 Å². The summed E-state index contributed by atoms with van der Waals surface area (Å²) in [7, 11) is 0. The van der Waals surface area contributed by atoms with Crippen LogP contribution in [0.4, 0.5) is 5.69 Å². The van der Waals surface area contributed by atoms with Crippen molar-refractivity contribution in [2.75, 3.05) is 0 Å². The van der Waals surface area contributed by atoms with Gasteiger partial charge in [-0.25, -0.2) is 9.83 Å². The van der Waals surface area contributed by atoms with Gasteiger partial charge in [0.15, 0.2) is 17.8 Å². The molecule has 0 bridgehead atoms. The van der Waals surface area contributed by atoms with E-state index in [2.05, 4.69) is 48.7 Å². The molecule has 3 heterocycles. The summed E-state index contributed by atoms with van der Waals surface area (Å²) < 4.78 is 5.06. The predicted molar refractivity (Wildman–Crippen MR) is 111 cm³/mol. The minimum Gasteiger partial charge on any atom is -0.340 e. The Morgan fingerprint density at radius 2 is 1.93 bits per heavy atom. The molecule has 0 unspecified atom stereocenters. The smallest absolute Gasteiger partial charge is 0.187 e. The summed E-state index contributed by atoms with van der Waals surface area (Å²) in [6.45, 7) is 7.79. The highest BCUT2D eigenvalue weighted by atomic mass is 79.9. The molecule has 0 atom stereocenters. The van der Waals surface area contributed by atoms with E-state index in [-0.39, 0.29) is 0 Å². The second-order valence-corrected chi connectivity index (χ2v) is 7.55. The van der Waals surface area contributed by atoms with E-state index in [1.807, 2.05) is 41.0 Å². The first-order chi connectivity index (χ1) is 13.7. The molecule has 5 nitrogen and oxygen atoms in total. The molecule has 0 spiro atoms. The normalized spacial score (nSPS) is 11.7. The van der Waals surface area contributed by atoms with Gasteiger partial charge in [0.05, 0.1) is 24.2 Å². The summed E-state index contributed by atoms with van der Waals surface area (Å²) in [6, 6.07) is 15.7. The molecule has 5 rings (SSSR count). The molecule has 0 aliphatic carbocycles. The van der Waals surface area contributed by atoms with Crippen molar-refractivity contribution in [1.29, 1.82) is 0 Å². The van der Waals surface area contributed by atoms with Gasteiger partial charge in [-0.1, -0.05) is 40.2 Å². The van der Waals surface area contributed by atoms with Gasteiger partial charge in [-0.2, -0.15) is 0 Å². The number of carbonyl (C=O) groups is 1. The van der Waals surface area contributed by atoms with Crippen LogP contribution in [0.2, 0.25) is 0 Å². The maximum Gasteiger partial charge on any atom is 0.187 e. The molecule has 0 amide bonds. The topological polar surface area (TPSA) is 44.2 Å². The highest BCUT2D eigenvalue weighted by Gasteiger charge is 2.23. The van der Waals surface area contributed by atoms with Gasteiger partial charge in [0.2, 0.25) is 0 Å². The van der Waals surface area contributed by atoms with Gasteiger partial charge in [-0.05, 0) is 35.4 Å². The van der Waals surface area contributed by atoms with Crippen molar-refractivity contribution in [3.8, 4) is 28.3 Å². The van der Waals surface area contributed by atoms with Crippen LogP contribution in [0.1, 0.15) is 16.1 Å². The minimum atomic E-state index is 0.524. The molecule has 2 aromatic carbocycles. The summed E-state index contributed by atoms with van der Waals surface area (Å²) in [5.41, 5.74) is 6.24. The van der Waals surface area contributed by atoms with Crippen molar-refractivity contribution in [3.05, 3.63) is 88.1 Å². The Hall–Kier alpha value is -3.43. The van der Waals surface area contributed by atoms with E-state index in [0.717, 1.165) is 44.7 Å². The first-order valence-corrected chi connectivity index (χ1v) is 9.47. The first-order valence-electron chi connectivity index (χ1n) is 8.68. The summed E-state index contributed by atoms with van der Waals surface area (Å²) in [4.78, 5) is 19.6. The standard InChI is InChI=1S/C22H13BrN4O/c1-24-18-5-2-14(3-6-18)15-9-21-22-25-10-19(13-28)27(22)20-7-4-17(23)8-16(20)12-26(21)11-15/h2-11,13H,12H2. The predicted octanol–water partition coefficient (Wildman–Crippen LogP) is 5.50. The third-order valence-electron chi connectivity index (χ3n) is 4.99. The monoisotopic (exact) mass is 428 g/mol. The number of nitrogens with zero attached hydrogens (tertiary/aromatic N) is 4. The van der Waals surface area contributed by atoms with E-state index in [9.17, 15) is 4.79 Å². The Balaban J connectivity index is 1.73. The summed E-state index contributed by atoms with van der Waals surface area (Å²) >= 11 is 3.55. The molecule has 6 heteroatoms. The summed E-state index contributed by atoms with van der Waals surface area (Å²) in [6.07, 6.45) is 4.55. The average molecular weight is 429 g/mol. The van der Waals surface area contributed by atoms with Gasteiger partial charge >= 0.3 is 0 Å². The largest absolute Gasteiger partial charge is 0.340 e. The number of aldehydes is 1. The van der Waals surface area contributed by atoms with Gasteiger partial charge in [-0.15, -0.1) is 0 Å². The zero-order chi connectivity index (χ0) is 19.3. The van der Waals surface area contributed by atoms with E-state index in [4.69, 9.17) is 6.57 Å². The van der Waals surface area contributed by atoms with Gasteiger partial charge in [0.1, 0.15) is 5.69 Å². The molecule has 0 fully saturated rings. The van der Waals surface area contributed by atoms with Gasteiger partial charge in [0, 0.05) is 22.8 Å².